The van der Waals surface area contributed by atoms with Crippen LogP contribution in [-0.2, 0) is 16.6 Å². The number of sulfonamides is 1. The van der Waals surface area contributed by atoms with Crippen molar-refractivity contribution < 1.29 is 12.8 Å². The van der Waals surface area contributed by atoms with Crippen molar-refractivity contribution in [3.05, 3.63) is 17.9 Å². The van der Waals surface area contributed by atoms with Crippen molar-refractivity contribution in [2.75, 3.05) is 13.1 Å². The molecule has 1 N–H and O–H groups in total. The zero-order valence-electron chi connectivity index (χ0n) is 12.4. The highest BCUT2D eigenvalue weighted by Crippen LogP contribution is 2.24. The maximum atomic E-state index is 12.5. The highest BCUT2D eigenvalue weighted by molar-refractivity contribution is 7.89. The summed E-state index contributed by atoms with van der Waals surface area (Å²) in [5, 5.41) is 3.27. The Morgan fingerprint density at radius 3 is 2.60 bits per heavy atom. The van der Waals surface area contributed by atoms with E-state index in [1.165, 1.54) is 4.31 Å². The standard InChI is InChI=1S/C14H24N2O3S/c1-11(2)15-10-13-4-5-14(19-13)20(17,18)16-8-6-12(3)7-9-16/h4-5,11-12,15H,6-10H2,1-3H3. The molecule has 0 radical (unpaired) electrons. The summed E-state index contributed by atoms with van der Waals surface area (Å²) in [6.07, 6.45) is 1.84. The molecule has 0 saturated carbocycles. The predicted molar refractivity (Wildman–Crippen MR) is 77.8 cm³/mol. The molecule has 1 aromatic rings. The van der Waals surface area contributed by atoms with Crippen molar-refractivity contribution >= 4 is 10.0 Å². The lowest BCUT2D eigenvalue weighted by Gasteiger charge is -2.28. The van der Waals surface area contributed by atoms with Gasteiger partial charge in [-0.2, -0.15) is 4.31 Å². The normalized spacial score (nSPS) is 18.8. The maximum Gasteiger partial charge on any atom is 0.276 e. The number of furan rings is 1. The van der Waals surface area contributed by atoms with E-state index in [0.717, 1.165) is 12.8 Å². The molecule has 1 saturated heterocycles. The van der Waals surface area contributed by atoms with Crippen LogP contribution in [0.25, 0.3) is 0 Å². The molecule has 0 spiro atoms. The number of nitrogens with zero attached hydrogens (tertiary/aromatic N) is 1. The van der Waals surface area contributed by atoms with Crippen molar-refractivity contribution in [3.63, 3.8) is 0 Å². The molecule has 0 bridgehead atoms. The third-order valence-corrected chi connectivity index (χ3v) is 5.43. The Kier molecular flexibility index (Phi) is 4.88. The fraction of sp³-hybridized carbons (Fsp3) is 0.714. The number of hydrogen-bond acceptors (Lipinski definition) is 4. The molecule has 6 heteroatoms. The number of hydrogen-bond donors (Lipinski definition) is 1. The van der Waals surface area contributed by atoms with Gasteiger partial charge in [-0.05, 0) is 30.9 Å². The molecule has 0 amide bonds. The van der Waals surface area contributed by atoms with Crippen LogP contribution in [0.15, 0.2) is 21.6 Å². The van der Waals surface area contributed by atoms with Crippen LogP contribution in [-0.4, -0.2) is 31.9 Å². The molecule has 1 aliphatic rings. The van der Waals surface area contributed by atoms with Gasteiger partial charge in [0.1, 0.15) is 5.76 Å². The number of nitrogens with one attached hydrogen (secondary N) is 1. The molecule has 0 aromatic carbocycles. The van der Waals surface area contributed by atoms with Gasteiger partial charge in [0.05, 0.1) is 6.54 Å². The van der Waals surface area contributed by atoms with E-state index in [-0.39, 0.29) is 5.09 Å². The average molecular weight is 300 g/mol. The summed E-state index contributed by atoms with van der Waals surface area (Å²) in [5.74, 6) is 1.26. The second kappa shape index (κ2) is 6.28. The smallest absolute Gasteiger partial charge is 0.276 e. The Balaban J connectivity index is 2.06. The quantitative estimate of drug-likeness (QED) is 0.905. The molecule has 2 rings (SSSR count). The summed E-state index contributed by atoms with van der Waals surface area (Å²) >= 11 is 0. The highest BCUT2D eigenvalue weighted by Gasteiger charge is 2.30. The van der Waals surface area contributed by atoms with Crippen molar-refractivity contribution in [1.29, 1.82) is 0 Å². The molecule has 114 valence electrons. The van der Waals surface area contributed by atoms with E-state index in [0.29, 0.717) is 37.4 Å². The molecular weight excluding hydrogens is 276 g/mol. The van der Waals surface area contributed by atoms with Crippen LogP contribution in [0.2, 0.25) is 0 Å². The third-order valence-electron chi connectivity index (χ3n) is 3.66. The lowest BCUT2D eigenvalue weighted by molar-refractivity contribution is 0.279. The first-order chi connectivity index (χ1) is 9.39. The summed E-state index contributed by atoms with van der Waals surface area (Å²) < 4.78 is 31.9. The average Bonchev–Trinajstić information content (AvgIpc) is 2.86. The lowest BCUT2D eigenvalue weighted by atomic mass is 10.0. The van der Waals surface area contributed by atoms with Crippen LogP contribution in [0.1, 0.15) is 39.4 Å². The Labute approximate surface area is 121 Å². The Hall–Kier alpha value is -0.850. The van der Waals surface area contributed by atoms with E-state index in [2.05, 4.69) is 12.2 Å². The molecule has 5 nitrogen and oxygen atoms in total. The van der Waals surface area contributed by atoms with Crippen LogP contribution in [0.5, 0.6) is 0 Å². The minimum absolute atomic E-state index is 0.0626. The first-order valence-corrected chi connectivity index (χ1v) is 8.66. The van der Waals surface area contributed by atoms with Crippen LogP contribution in [0.3, 0.4) is 0 Å². The lowest BCUT2D eigenvalue weighted by Crippen LogP contribution is -2.37. The van der Waals surface area contributed by atoms with Gasteiger partial charge in [0, 0.05) is 19.1 Å². The Morgan fingerprint density at radius 1 is 1.35 bits per heavy atom. The number of rotatable bonds is 5. The Morgan fingerprint density at radius 2 is 2.00 bits per heavy atom. The first kappa shape index (κ1) is 15.5. The molecule has 2 heterocycles. The van der Waals surface area contributed by atoms with E-state index >= 15 is 0 Å². The van der Waals surface area contributed by atoms with Crippen LogP contribution < -0.4 is 5.32 Å². The summed E-state index contributed by atoms with van der Waals surface area (Å²) in [5.41, 5.74) is 0. The summed E-state index contributed by atoms with van der Waals surface area (Å²) in [4.78, 5) is 0. The zero-order valence-corrected chi connectivity index (χ0v) is 13.2. The second-order valence-corrected chi connectivity index (χ2v) is 7.71. The fourth-order valence-electron chi connectivity index (χ4n) is 2.25. The van der Waals surface area contributed by atoms with Crippen LogP contribution >= 0.6 is 0 Å². The van der Waals surface area contributed by atoms with Gasteiger partial charge < -0.3 is 9.73 Å². The first-order valence-electron chi connectivity index (χ1n) is 7.22. The second-order valence-electron chi connectivity index (χ2n) is 5.84. The third kappa shape index (κ3) is 3.62. The fourth-order valence-corrected chi connectivity index (χ4v) is 3.65. The van der Waals surface area contributed by atoms with Crippen LogP contribution in [0.4, 0.5) is 0 Å². The monoisotopic (exact) mass is 300 g/mol. The van der Waals surface area contributed by atoms with Crippen molar-refractivity contribution in [2.24, 2.45) is 5.92 Å². The van der Waals surface area contributed by atoms with E-state index in [1.54, 1.807) is 12.1 Å². The molecule has 1 aromatic heterocycles. The summed E-state index contributed by atoms with van der Waals surface area (Å²) in [6.45, 7) is 7.95. The highest BCUT2D eigenvalue weighted by atomic mass is 32.2. The Bertz CT molecular complexity index is 528. The topological polar surface area (TPSA) is 62.6 Å². The van der Waals surface area contributed by atoms with E-state index in [9.17, 15) is 8.42 Å². The zero-order chi connectivity index (χ0) is 14.8. The van der Waals surface area contributed by atoms with E-state index in [4.69, 9.17) is 4.42 Å². The van der Waals surface area contributed by atoms with E-state index in [1.807, 2.05) is 13.8 Å². The molecule has 20 heavy (non-hydrogen) atoms. The molecule has 0 aliphatic carbocycles. The van der Waals surface area contributed by atoms with Gasteiger partial charge in [-0.25, -0.2) is 8.42 Å². The molecule has 0 atom stereocenters. The van der Waals surface area contributed by atoms with Gasteiger partial charge in [0.2, 0.25) is 5.09 Å². The minimum atomic E-state index is -3.46. The van der Waals surface area contributed by atoms with Gasteiger partial charge in [-0.15, -0.1) is 0 Å². The largest absolute Gasteiger partial charge is 0.447 e. The summed E-state index contributed by atoms with van der Waals surface area (Å²) in [7, 11) is -3.46. The van der Waals surface area contributed by atoms with Crippen LogP contribution in [0, 0.1) is 5.92 Å². The molecule has 1 fully saturated rings. The van der Waals surface area contributed by atoms with Gasteiger partial charge in [-0.3, -0.25) is 0 Å². The van der Waals surface area contributed by atoms with Gasteiger partial charge in [0.15, 0.2) is 0 Å². The van der Waals surface area contributed by atoms with Crippen molar-refractivity contribution in [2.45, 2.75) is 51.3 Å². The minimum Gasteiger partial charge on any atom is -0.447 e. The SMILES string of the molecule is CC1CCN(S(=O)(=O)c2ccc(CNC(C)C)o2)CC1. The maximum absolute atomic E-state index is 12.5. The molecular formula is C14H24N2O3S. The van der Waals surface area contributed by atoms with E-state index < -0.39 is 10.0 Å². The van der Waals surface area contributed by atoms with Gasteiger partial charge in [0.25, 0.3) is 10.0 Å². The van der Waals surface area contributed by atoms with Crippen molar-refractivity contribution in [1.82, 2.24) is 9.62 Å². The van der Waals surface area contributed by atoms with Gasteiger partial charge >= 0.3 is 0 Å². The summed E-state index contributed by atoms with van der Waals surface area (Å²) in [6, 6.07) is 3.63. The number of piperidine rings is 1. The van der Waals surface area contributed by atoms with Crippen molar-refractivity contribution in [3.8, 4) is 0 Å². The molecule has 1 aliphatic heterocycles. The predicted octanol–water partition coefficient (Wildman–Crippen LogP) is 2.20. The van der Waals surface area contributed by atoms with Gasteiger partial charge in [-0.1, -0.05) is 20.8 Å². The molecule has 0 unspecified atom stereocenters.